The number of hydrogen-bond donors (Lipinski definition) is 2. The van der Waals surface area contributed by atoms with Crippen molar-refractivity contribution >= 4 is 6.03 Å². The Kier molecular flexibility index (Phi) is 4.20. The highest BCUT2D eigenvalue weighted by Crippen LogP contribution is 2.30. The third-order valence-corrected chi connectivity index (χ3v) is 4.17. The molecule has 2 fully saturated rings. The van der Waals surface area contributed by atoms with Crippen molar-refractivity contribution in [3.8, 4) is 0 Å². The number of carbonyl (C=O) groups excluding carboxylic acids is 1. The summed E-state index contributed by atoms with van der Waals surface area (Å²) >= 11 is 0. The van der Waals surface area contributed by atoms with Crippen molar-refractivity contribution in [2.24, 2.45) is 0 Å². The number of piperidine rings is 1. The molecule has 2 amide bonds. The number of ether oxygens (including phenoxy) is 1. The minimum Gasteiger partial charge on any atom is -0.376 e. The Morgan fingerprint density at radius 3 is 3.15 bits per heavy atom. The lowest BCUT2D eigenvalue weighted by Gasteiger charge is -2.35. The number of amides is 2. The van der Waals surface area contributed by atoms with Gasteiger partial charge >= 0.3 is 6.03 Å². The molecule has 0 unspecified atom stereocenters. The maximum absolute atomic E-state index is 12.4. The summed E-state index contributed by atoms with van der Waals surface area (Å²) < 4.78 is 5.54. The number of hydrogen-bond acceptors (Lipinski definition) is 3. The first-order valence-electron chi connectivity index (χ1n) is 7.49. The number of rotatable bonds is 3. The number of aromatic amines is 1. The molecule has 2 N–H and O–H groups in total. The van der Waals surface area contributed by atoms with Crippen LogP contribution in [0.3, 0.4) is 0 Å². The van der Waals surface area contributed by atoms with E-state index in [-0.39, 0.29) is 18.2 Å². The smallest absolute Gasteiger partial charge is 0.318 e. The van der Waals surface area contributed by atoms with Gasteiger partial charge in [-0.3, -0.25) is 5.10 Å². The molecular weight excluding hydrogens is 256 g/mol. The highest BCUT2D eigenvalue weighted by atomic mass is 16.5. The number of urea groups is 1. The Balaban J connectivity index is 1.59. The number of nitrogens with one attached hydrogen (secondary N) is 2. The molecule has 1 aromatic rings. The van der Waals surface area contributed by atoms with Crippen LogP contribution in [0.15, 0.2) is 12.4 Å². The minimum absolute atomic E-state index is 0.0198. The predicted octanol–water partition coefficient (Wildman–Crippen LogP) is 1.83. The molecule has 0 spiro atoms. The summed E-state index contributed by atoms with van der Waals surface area (Å²) in [5.74, 6) is 0. The van der Waals surface area contributed by atoms with Gasteiger partial charge in [0.1, 0.15) is 0 Å². The molecule has 0 aromatic carbocycles. The average Bonchev–Trinajstić information content (AvgIpc) is 3.18. The quantitative estimate of drug-likeness (QED) is 0.886. The van der Waals surface area contributed by atoms with Crippen LogP contribution in [0, 0.1) is 0 Å². The summed E-state index contributed by atoms with van der Waals surface area (Å²) in [5, 5.41) is 9.85. The molecule has 20 heavy (non-hydrogen) atoms. The molecule has 6 heteroatoms. The van der Waals surface area contributed by atoms with Gasteiger partial charge in [-0.2, -0.15) is 5.10 Å². The molecule has 3 heterocycles. The minimum atomic E-state index is 0.0198. The number of nitrogens with zero attached hydrogens (tertiary/aromatic N) is 2. The Bertz CT molecular complexity index is 428. The van der Waals surface area contributed by atoms with E-state index in [9.17, 15) is 4.79 Å². The molecule has 110 valence electrons. The van der Waals surface area contributed by atoms with E-state index in [4.69, 9.17) is 4.74 Å². The molecule has 6 nitrogen and oxygen atoms in total. The number of H-pyrrole nitrogens is 1. The fraction of sp³-hybridized carbons (Fsp3) is 0.714. The van der Waals surface area contributed by atoms with Crippen LogP contribution in [0.2, 0.25) is 0 Å². The van der Waals surface area contributed by atoms with Crippen LogP contribution in [0.4, 0.5) is 4.79 Å². The monoisotopic (exact) mass is 278 g/mol. The third kappa shape index (κ3) is 2.95. The highest BCUT2D eigenvalue weighted by molar-refractivity contribution is 5.74. The van der Waals surface area contributed by atoms with E-state index < -0.39 is 0 Å². The molecule has 0 saturated carbocycles. The van der Waals surface area contributed by atoms with Gasteiger partial charge in [0.25, 0.3) is 0 Å². The SMILES string of the molecule is O=C(NC[C@H]1CCCO1)N1CCCC[C@H]1c1cn[nH]c1. The summed E-state index contributed by atoms with van der Waals surface area (Å²) in [4.78, 5) is 14.3. The summed E-state index contributed by atoms with van der Waals surface area (Å²) in [5.41, 5.74) is 1.09. The molecule has 3 rings (SSSR count). The second kappa shape index (κ2) is 6.26. The van der Waals surface area contributed by atoms with Gasteiger partial charge in [0, 0.05) is 31.5 Å². The summed E-state index contributed by atoms with van der Waals surface area (Å²) in [7, 11) is 0. The van der Waals surface area contributed by atoms with Crippen molar-refractivity contribution in [1.82, 2.24) is 20.4 Å². The van der Waals surface area contributed by atoms with Gasteiger partial charge in [0.2, 0.25) is 0 Å². The van der Waals surface area contributed by atoms with Crippen LogP contribution in [-0.4, -0.2) is 46.9 Å². The van der Waals surface area contributed by atoms with Gasteiger partial charge in [-0.05, 0) is 32.1 Å². The first-order valence-corrected chi connectivity index (χ1v) is 7.49. The topological polar surface area (TPSA) is 70.2 Å². The lowest BCUT2D eigenvalue weighted by atomic mass is 9.98. The third-order valence-electron chi connectivity index (χ3n) is 4.17. The van der Waals surface area contributed by atoms with Crippen LogP contribution >= 0.6 is 0 Å². The van der Waals surface area contributed by atoms with Crippen LogP contribution in [0.5, 0.6) is 0 Å². The van der Waals surface area contributed by atoms with Crippen LogP contribution in [0.25, 0.3) is 0 Å². The number of carbonyl (C=O) groups is 1. The second-order valence-corrected chi connectivity index (χ2v) is 5.56. The van der Waals surface area contributed by atoms with Gasteiger partial charge in [-0.25, -0.2) is 4.79 Å². The van der Waals surface area contributed by atoms with Crippen molar-refractivity contribution < 1.29 is 9.53 Å². The molecule has 2 aliphatic heterocycles. The van der Waals surface area contributed by atoms with E-state index in [2.05, 4.69) is 15.5 Å². The standard InChI is InChI=1S/C14H22N4O2/c19-14(15-10-12-4-3-7-20-12)18-6-2-1-5-13(18)11-8-16-17-9-11/h8-9,12-13H,1-7,10H2,(H,15,19)(H,16,17)/t12-,13+/m1/s1. The van der Waals surface area contributed by atoms with E-state index in [1.807, 2.05) is 17.3 Å². The van der Waals surface area contributed by atoms with Crippen molar-refractivity contribution in [2.75, 3.05) is 19.7 Å². The zero-order valence-corrected chi connectivity index (χ0v) is 11.7. The molecule has 0 bridgehead atoms. The van der Waals surface area contributed by atoms with Gasteiger partial charge in [0.05, 0.1) is 18.3 Å². The first kappa shape index (κ1) is 13.4. The molecule has 0 radical (unpaired) electrons. The molecule has 2 atom stereocenters. The molecular formula is C14H22N4O2. The molecule has 1 aromatic heterocycles. The van der Waals surface area contributed by atoms with E-state index in [0.717, 1.165) is 50.8 Å². The summed E-state index contributed by atoms with van der Waals surface area (Å²) in [6.45, 7) is 2.25. The highest BCUT2D eigenvalue weighted by Gasteiger charge is 2.29. The fourth-order valence-electron chi connectivity index (χ4n) is 3.07. The Morgan fingerprint density at radius 2 is 2.40 bits per heavy atom. The first-order chi connectivity index (χ1) is 9.84. The maximum Gasteiger partial charge on any atom is 0.318 e. The fourth-order valence-corrected chi connectivity index (χ4v) is 3.07. The van der Waals surface area contributed by atoms with E-state index in [1.165, 1.54) is 0 Å². The van der Waals surface area contributed by atoms with Gasteiger partial charge < -0.3 is 15.0 Å². The van der Waals surface area contributed by atoms with Gasteiger partial charge in [-0.15, -0.1) is 0 Å². The lowest BCUT2D eigenvalue weighted by Crippen LogP contribution is -2.46. The predicted molar refractivity (Wildman–Crippen MR) is 74.3 cm³/mol. The van der Waals surface area contributed by atoms with Gasteiger partial charge in [0.15, 0.2) is 0 Å². The average molecular weight is 278 g/mol. The Morgan fingerprint density at radius 1 is 1.45 bits per heavy atom. The van der Waals surface area contributed by atoms with E-state index in [0.29, 0.717) is 6.54 Å². The number of aromatic nitrogens is 2. The van der Waals surface area contributed by atoms with Crippen LogP contribution in [-0.2, 0) is 4.74 Å². The number of likely N-dealkylation sites (tertiary alicyclic amines) is 1. The zero-order valence-electron chi connectivity index (χ0n) is 11.7. The summed E-state index contributed by atoms with van der Waals surface area (Å²) in [6, 6.07) is 0.165. The summed E-state index contributed by atoms with van der Waals surface area (Å²) in [6.07, 6.45) is 9.27. The molecule has 2 aliphatic rings. The molecule has 0 aliphatic carbocycles. The van der Waals surface area contributed by atoms with Crippen LogP contribution in [0.1, 0.15) is 43.7 Å². The normalized spacial score (nSPS) is 26.7. The van der Waals surface area contributed by atoms with Crippen molar-refractivity contribution in [2.45, 2.75) is 44.2 Å². The van der Waals surface area contributed by atoms with Crippen molar-refractivity contribution in [3.63, 3.8) is 0 Å². The maximum atomic E-state index is 12.4. The van der Waals surface area contributed by atoms with Gasteiger partial charge in [-0.1, -0.05) is 0 Å². The Hall–Kier alpha value is -1.56. The molecule has 2 saturated heterocycles. The van der Waals surface area contributed by atoms with E-state index in [1.54, 1.807) is 0 Å². The van der Waals surface area contributed by atoms with Crippen molar-refractivity contribution in [1.29, 1.82) is 0 Å². The zero-order chi connectivity index (χ0) is 13.8. The van der Waals surface area contributed by atoms with Crippen molar-refractivity contribution in [3.05, 3.63) is 18.0 Å². The van der Waals surface area contributed by atoms with E-state index >= 15 is 0 Å². The lowest BCUT2D eigenvalue weighted by molar-refractivity contribution is 0.104. The second-order valence-electron chi connectivity index (χ2n) is 5.56. The van der Waals surface area contributed by atoms with Crippen LogP contribution < -0.4 is 5.32 Å². The Labute approximate surface area is 118 Å². The largest absolute Gasteiger partial charge is 0.376 e.